The van der Waals surface area contributed by atoms with Crippen LogP contribution in [-0.4, -0.2) is 44.7 Å². The maximum Gasteiger partial charge on any atom is 0.267 e. The van der Waals surface area contributed by atoms with Crippen molar-refractivity contribution in [2.75, 3.05) is 13.2 Å². The van der Waals surface area contributed by atoms with E-state index in [1.807, 2.05) is 6.92 Å². The first-order valence-electron chi connectivity index (χ1n) is 6.51. The van der Waals surface area contributed by atoms with Crippen molar-refractivity contribution in [3.63, 3.8) is 0 Å². The summed E-state index contributed by atoms with van der Waals surface area (Å²) in [7, 11) is 0. The highest BCUT2D eigenvalue weighted by atomic mass is 32.1. The smallest absolute Gasteiger partial charge is 0.267 e. The molecule has 0 radical (unpaired) electrons. The first kappa shape index (κ1) is 13.4. The molecule has 1 N–H and O–H groups in total. The summed E-state index contributed by atoms with van der Waals surface area (Å²) in [5, 5.41) is 13.1. The first-order valence-corrected chi connectivity index (χ1v) is 7.28. The van der Waals surface area contributed by atoms with Crippen LogP contribution < -0.4 is 0 Å². The fraction of sp³-hybridized carbons (Fsp3) is 0.750. The van der Waals surface area contributed by atoms with Gasteiger partial charge in [0, 0.05) is 12.6 Å². The molecular weight excluding hydrogens is 250 g/mol. The maximum absolute atomic E-state index is 12.5. The predicted octanol–water partition coefficient (Wildman–Crippen LogP) is 1.48. The Hall–Kier alpha value is -1.01. The van der Waals surface area contributed by atoms with Gasteiger partial charge in [-0.15, -0.1) is 5.10 Å². The quantitative estimate of drug-likeness (QED) is 0.879. The molecule has 1 aliphatic carbocycles. The average Bonchev–Trinajstić information content (AvgIpc) is 3.05. The zero-order chi connectivity index (χ0) is 13.0. The number of aromatic nitrogens is 2. The highest BCUT2D eigenvalue weighted by molar-refractivity contribution is 7.08. The lowest BCUT2D eigenvalue weighted by Gasteiger charge is -2.27. The lowest BCUT2D eigenvalue weighted by atomic mass is 10.2. The molecule has 0 bridgehead atoms. The van der Waals surface area contributed by atoms with Gasteiger partial charge in [0.2, 0.25) is 0 Å². The van der Waals surface area contributed by atoms with Crippen LogP contribution >= 0.6 is 11.5 Å². The zero-order valence-corrected chi connectivity index (χ0v) is 11.4. The van der Waals surface area contributed by atoms with E-state index in [9.17, 15) is 4.79 Å². The minimum absolute atomic E-state index is 0.00985. The Morgan fingerprint density at radius 2 is 2.22 bits per heavy atom. The van der Waals surface area contributed by atoms with Crippen LogP contribution in [0.2, 0.25) is 0 Å². The molecule has 6 heteroatoms. The molecule has 1 heterocycles. The molecule has 1 aromatic rings. The fourth-order valence-corrected chi connectivity index (χ4v) is 3.21. The largest absolute Gasteiger partial charge is 0.395 e. The molecule has 1 saturated carbocycles. The number of rotatable bonds is 5. The second-order valence-electron chi connectivity index (χ2n) is 4.56. The van der Waals surface area contributed by atoms with Crippen LogP contribution in [0.15, 0.2) is 0 Å². The predicted molar refractivity (Wildman–Crippen MR) is 69.7 cm³/mol. The minimum Gasteiger partial charge on any atom is -0.395 e. The maximum atomic E-state index is 12.5. The fourth-order valence-electron chi connectivity index (χ4n) is 2.51. The van der Waals surface area contributed by atoms with Gasteiger partial charge in [-0.2, -0.15) is 0 Å². The summed E-state index contributed by atoms with van der Waals surface area (Å²) < 4.78 is 3.86. The number of hydrogen-bond acceptors (Lipinski definition) is 5. The normalized spacial score (nSPS) is 16.1. The molecule has 0 aliphatic heterocycles. The van der Waals surface area contributed by atoms with E-state index >= 15 is 0 Å². The summed E-state index contributed by atoms with van der Waals surface area (Å²) in [6.45, 7) is 2.39. The van der Waals surface area contributed by atoms with Crippen molar-refractivity contribution >= 4 is 17.4 Å². The van der Waals surface area contributed by atoms with E-state index in [1.54, 1.807) is 4.90 Å². The molecule has 100 valence electrons. The van der Waals surface area contributed by atoms with Crippen molar-refractivity contribution in [3.8, 4) is 0 Å². The van der Waals surface area contributed by atoms with Crippen LogP contribution in [-0.2, 0) is 6.42 Å². The van der Waals surface area contributed by atoms with Crippen molar-refractivity contribution in [3.05, 3.63) is 10.6 Å². The van der Waals surface area contributed by atoms with Crippen molar-refractivity contribution in [1.82, 2.24) is 14.5 Å². The van der Waals surface area contributed by atoms with Crippen molar-refractivity contribution < 1.29 is 9.90 Å². The Labute approximate surface area is 111 Å². The van der Waals surface area contributed by atoms with E-state index in [2.05, 4.69) is 9.59 Å². The molecule has 5 nitrogen and oxygen atoms in total. The molecule has 2 rings (SSSR count). The standard InChI is InChI=1S/C12H19N3O2S/c1-2-10-11(18-14-13-10)12(17)15(7-8-16)9-5-3-4-6-9/h9,16H,2-8H2,1H3. The van der Waals surface area contributed by atoms with Gasteiger partial charge in [0.1, 0.15) is 4.88 Å². The van der Waals surface area contributed by atoms with Crippen molar-refractivity contribution in [2.24, 2.45) is 0 Å². The third kappa shape index (κ3) is 2.70. The molecule has 1 fully saturated rings. The summed E-state index contributed by atoms with van der Waals surface area (Å²) in [5.41, 5.74) is 0.769. The van der Waals surface area contributed by atoms with Gasteiger partial charge in [-0.05, 0) is 30.8 Å². The summed E-state index contributed by atoms with van der Waals surface area (Å²) in [5.74, 6) is -0.0113. The van der Waals surface area contributed by atoms with E-state index in [-0.39, 0.29) is 18.6 Å². The van der Waals surface area contributed by atoms with Crippen LogP contribution in [0.25, 0.3) is 0 Å². The highest BCUT2D eigenvalue weighted by Gasteiger charge is 2.29. The molecule has 0 unspecified atom stereocenters. The SMILES string of the molecule is CCc1nnsc1C(=O)N(CCO)C1CCCC1. The minimum atomic E-state index is -0.0113. The molecule has 0 saturated heterocycles. The third-order valence-corrected chi connectivity index (χ3v) is 4.21. The van der Waals surface area contributed by atoms with Crippen LogP contribution in [0.1, 0.15) is 48.0 Å². The van der Waals surface area contributed by atoms with E-state index in [0.717, 1.165) is 36.5 Å². The summed E-state index contributed by atoms with van der Waals surface area (Å²) >= 11 is 1.16. The molecule has 0 spiro atoms. The van der Waals surface area contributed by atoms with Gasteiger partial charge < -0.3 is 10.0 Å². The van der Waals surface area contributed by atoms with Crippen LogP contribution in [0.3, 0.4) is 0 Å². The number of amides is 1. The Morgan fingerprint density at radius 1 is 1.50 bits per heavy atom. The number of aryl methyl sites for hydroxylation is 1. The number of hydrogen-bond donors (Lipinski definition) is 1. The van der Waals surface area contributed by atoms with E-state index < -0.39 is 0 Å². The van der Waals surface area contributed by atoms with Gasteiger partial charge in [-0.3, -0.25) is 4.79 Å². The van der Waals surface area contributed by atoms with Crippen LogP contribution in [0.4, 0.5) is 0 Å². The molecule has 1 amide bonds. The van der Waals surface area contributed by atoms with Gasteiger partial charge >= 0.3 is 0 Å². The Morgan fingerprint density at radius 3 is 2.83 bits per heavy atom. The first-order chi connectivity index (χ1) is 8.77. The summed E-state index contributed by atoms with van der Waals surface area (Å²) in [4.78, 5) is 15.0. The number of carbonyl (C=O) groups excluding carboxylic acids is 1. The van der Waals surface area contributed by atoms with E-state index in [0.29, 0.717) is 11.4 Å². The Bertz CT molecular complexity index is 402. The van der Waals surface area contributed by atoms with Gasteiger partial charge in [-0.25, -0.2) is 0 Å². The molecular formula is C12H19N3O2S. The average molecular weight is 269 g/mol. The van der Waals surface area contributed by atoms with Gasteiger partial charge in [0.25, 0.3) is 5.91 Å². The second-order valence-corrected chi connectivity index (χ2v) is 5.32. The molecule has 1 aliphatic rings. The number of aliphatic hydroxyl groups is 1. The highest BCUT2D eigenvalue weighted by Crippen LogP contribution is 2.26. The summed E-state index contributed by atoms with van der Waals surface area (Å²) in [6, 6.07) is 0.274. The van der Waals surface area contributed by atoms with Crippen molar-refractivity contribution in [2.45, 2.75) is 45.1 Å². The van der Waals surface area contributed by atoms with E-state index in [1.165, 1.54) is 12.8 Å². The molecule has 1 aromatic heterocycles. The van der Waals surface area contributed by atoms with Crippen LogP contribution in [0, 0.1) is 0 Å². The van der Waals surface area contributed by atoms with Gasteiger partial charge in [-0.1, -0.05) is 24.3 Å². The second kappa shape index (κ2) is 6.24. The summed E-state index contributed by atoms with van der Waals surface area (Å²) in [6.07, 6.45) is 5.14. The number of carbonyl (C=O) groups is 1. The molecule has 0 atom stereocenters. The number of aliphatic hydroxyl groups excluding tert-OH is 1. The topological polar surface area (TPSA) is 66.3 Å². The zero-order valence-electron chi connectivity index (χ0n) is 10.6. The van der Waals surface area contributed by atoms with Gasteiger partial charge in [0.15, 0.2) is 0 Å². The molecule has 18 heavy (non-hydrogen) atoms. The van der Waals surface area contributed by atoms with Crippen LogP contribution in [0.5, 0.6) is 0 Å². The van der Waals surface area contributed by atoms with E-state index in [4.69, 9.17) is 5.11 Å². The van der Waals surface area contributed by atoms with Gasteiger partial charge in [0.05, 0.1) is 12.3 Å². The third-order valence-electron chi connectivity index (χ3n) is 3.45. The lowest BCUT2D eigenvalue weighted by Crippen LogP contribution is -2.40. The van der Waals surface area contributed by atoms with Crippen molar-refractivity contribution in [1.29, 1.82) is 0 Å². The lowest BCUT2D eigenvalue weighted by molar-refractivity contribution is 0.0641. The Kier molecular flexibility index (Phi) is 4.66. The number of nitrogens with zero attached hydrogens (tertiary/aromatic N) is 3. The monoisotopic (exact) mass is 269 g/mol. The molecule has 0 aromatic carbocycles. The Balaban J connectivity index is 2.17.